The van der Waals surface area contributed by atoms with Gasteiger partial charge in [-0.25, -0.2) is 0 Å². The fourth-order valence-corrected chi connectivity index (χ4v) is 5.06. The van der Waals surface area contributed by atoms with Crippen molar-refractivity contribution < 1.29 is 9.59 Å². The Balaban J connectivity index is 1.22. The quantitative estimate of drug-likeness (QED) is 0.591. The maximum absolute atomic E-state index is 12.9. The molecule has 0 aromatic heterocycles. The van der Waals surface area contributed by atoms with E-state index in [-0.39, 0.29) is 17.9 Å². The predicted octanol–water partition coefficient (Wildman–Crippen LogP) is 3.95. The molecule has 0 bridgehead atoms. The summed E-state index contributed by atoms with van der Waals surface area (Å²) in [7, 11) is 0. The van der Waals surface area contributed by atoms with Gasteiger partial charge in [0.15, 0.2) is 0 Å². The number of likely N-dealkylation sites (tertiary alicyclic amines) is 1. The lowest BCUT2D eigenvalue weighted by molar-refractivity contribution is -0.122. The fraction of sp³-hybridized carbons (Fsp3) is 0.286. The zero-order valence-electron chi connectivity index (χ0n) is 19.2. The van der Waals surface area contributed by atoms with Crippen molar-refractivity contribution in [1.82, 2.24) is 4.90 Å². The van der Waals surface area contributed by atoms with Crippen LogP contribution < -0.4 is 16.0 Å². The molecule has 5 rings (SSSR count). The summed E-state index contributed by atoms with van der Waals surface area (Å²) in [5.41, 5.74) is 11.9. The van der Waals surface area contributed by atoms with Gasteiger partial charge in [-0.1, -0.05) is 36.4 Å². The van der Waals surface area contributed by atoms with E-state index in [2.05, 4.69) is 39.4 Å². The molecule has 3 aromatic carbocycles. The minimum Gasteiger partial charge on any atom is -0.368 e. The van der Waals surface area contributed by atoms with Crippen LogP contribution in [0.1, 0.15) is 39.9 Å². The Labute approximate surface area is 200 Å². The number of benzene rings is 3. The number of nitrogens with one attached hydrogen (secondary N) is 1. The van der Waals surface area contributed by atoms with Crippen LogP contribution in [-0.4, -0.2) is 35.8 Å². The smallest absolute Gasteiger partial charge is 0.255 e. The van der Waals surface area contributed by atoms with Crippen molar-refractivity contribution in [1.29, 1.82) is 0 Å². The molecule has 3 N–H and O–H groups in total. The van der Waals surface area contributed by atoms with Crippen LogP contribution >= 0.6 is 0 Å². The number of fused-ring (bicyclic) bond motifs is 1. The van der Waals surface area contributed by atoms with E-state index in [9.17, 15) is 9.59 Å². The molecule has 2 amide bonds. The number of carbonyl (C=O) groups excluding carboxylic acids is 2. The van der Waals surface area contributed by atoms with Crippen LogP contribution in [0.25, 0.3) is 0 Å². The van der Waals surface area contributed by atoms with Crippen molar-refractivity contribution in [3.8, 4) is 0 Å². The van der Waals surface area contributed by atoms with Gasteiger partial charge < -0.3 is 16.0 Å². The van der Waals surface area contributed by atoms with E-state index in [1.807, 2.05) is 48.5 Å². The zero-order chi connectivity index (χ0) is 23.5. The Morgan fingerprint density at radius 2 is 1.74 bits per heavy atom. The van der Waals surface area contributed by atoms with Gasteiger partial charge in [-0.2, -0.15) is 0 Å². The summed E-state index contributed by atoms with van der Waals surface area (Å²) in [6.07, 6.45) is 2.82. The Morgan fingerprint density at radius 3 is 2.53 bits per heavy atom. The van der Waals surface area contributed by atoms with Crippen molar-refractivity contribution in [2.24, 2.45) is 5.73 Å². The maximum Gasteiger partial charge on any atom is 0.255 e. The normalized spacial score (nSPS) is 17.9. The van der Waals surface area contributed by atoms with Gasteiger partial charge in [0.2, 0.25) is 5.91 Å². The highest BCUT2D eigenvalue weighted by atomic mass is 16.2. The van der Waals surface area contributed by atoms with Crippen LogP contribution in [0, 0.1) is 0 Å². The number of hydrogen-bond donors (Lipinski definition) is 2. The fourth-order valence-electron chi connectivity index (χ4n) is 5.06. The van der Waals surface area contributed by atoms with Gasteiger partial charge in [0.25, 0.3) is 5.91 Å². The SMILES string of the molecule is NC(=O)C1CCCN1Cc1cccc(NC(=O)c2ccc(N3CCc4ccccc4C3)cc2)c1. The highest BCUT2D eigenvalue weighted by Crippen LogP contribution is 2.25. The van der Waals surface area contributed by atoms with Crippen LogP contribution in [0.2, 0.25) is 0 Å². The van der Waals surface area contributed by atoms with Crippen LogP contribution in [0.15, 0.2) is 72.8 Å². The molecule has 1 saturated heterocycles. The Hall–Kier alpha value is -3.64. The number of nitrogens with zero attached hydrogens (tertiary/aromatic N) is 2. The van der Waals surface area contributed by atoms with Crippen molar-refractivity contribution in [2.45, 2.75) is 38.4 Å². The summed E-state index contributed by atoms with van der Waals surface area (Å²) < 4.78 is 0. The second kappa shape index (κ2) is 9.69. The van der Waals surface area contributed by atoms with Crippen LogP contribution in [-0.2, 0) is 24.3 Å². The first-order valence-corrected chi connectivity index (χ1v) is 11.9. The molecule has 2 aliphatic rings. The summed E-state index contributed by atoms with van der Waals surface area (Å²) >= 11 is 0. The third kappa shape index (κ3) is 4.82. The van der Waals surface area contributed by atoms with Gasteiger partial charge >= 0.3 is 0 Å². The summed E-state index contributed by atoms with van der Waals surface area (Å²) in [5, 5.41) is 3.01. The number of hydrogen-bond acceptors (Lipinski definition) is 4. The Kier molecular flexibility index (Phi) is 6.32. The molecule has 34 heavy (non-hydrogen) atoms. The van der Waals surface area contributed by atoms with Gasteiger partial charge in [0.1, 0.15) is 0 Å². The topological polar surface area (TPSA) is 78.7 Å². The molecule has 0 radical (unpaired) electrons. The lowest BCUT2D eigenvalue weighted by Crippen LogP contribution is -2.39. The molecule has 2 aliphatic heterocycles. The van der Waals surface area contributed by atoms with Gasteiger partial charge in [-0.15, -0.1) is 0 Å². The Morgan fingerprint density at radius 1 is 0.941 bits per heavy atom. The van der Waals surface area contributed by atoms with Crippen LogP contribution in [0.4, 0.5) is 11.4 Å². The van der Waals surface area contributed by atoms with E-state index in [1.165, 1.54) is 11.1 Å². The molecular weight excluding hydrogens is 424 g/mol. The van der Waals surface area contributed by atoms with E-state index < -0.39 is 0 Å². The van der Waals surface area contributed by atoms with Gasteiger partial charge in [0.05, 0.1) is 6.04 Å². The number of amides is 2. The van der Waals surface area contributed by atoms with E-state index in [4.69, 9.17) is 5.73 Å². The number of rotatable bonds is 6. The average molecular weight is 455 g/mol. The van der Waals surface area contributed by atoms with E-state index in [0.717, 1.165) is 55.8 Å². The molecule has 174 valence electrons. The standard InChI is InChI=1S/C28H30N4O2/c29-27(33)26-9-4-15-32(26)18-20-5-3-8-24(17-20)30-28(34)22-10-12-25(13-11-22)31-16-14-21-6-1-2-7-23(21)19-31/h1-3,5-8,10-13,17,26H,4,9,14-16,18-19H2,(H2,29,33)(H,30,34). The van der Waals surface area contributed by atoms with Crippen molar-refractivity contribution in [3.05, 3.63) is 95.1 Å². The van der Waals surface area contributed by atoms with E-state index >= 15 is 0 Å². The third-order valence-electron chi connectivity index (χ3n) is 6.89. The zero-order valence-corrected chi connectivity index (χ0v) is 19.2. The van der Waals surface area contributed by atoms with Crippen molar-refractivity contribution >= 4 is 23.2 Å². The number of carbonyl (C=O) groups is 2. The van der Waals surface area contributed by atoms with Crippen LogP contribution in [0.3, 0.4) is 0 Å². The van der Waals surface area contributed by atoms with Gasteiger partial charge in [0, 0.05) is 36.6 Å². The maximum atomic E-state index is 12.9. The first kappa shape index (κ1) is 22.2. The molecule has 1 unspecified atom stereocenters. The second-order valence-corrected chi connectivity index (χ2v) is 9.17. The van der Waals surface area contributed by atoms with Gasteiger partial charge in [-0.05, 0) is 78.9 Å². The van der Waals surface area contributed by atoms with Crippen LogP contribution in [0.5, 0.6) is 0 Å². The van der Waals surface area contributed by atoms with Gasteiger partial charge in [-0.3, -0.25) is 14.5 Å². The lowest BCUT2D eigenvalue weighted by Gasteiger charge is -2.30. The van der Waals surface area contributed by atoms with E-state index in [1.54, 1.807) is 0 Å². The monoisotopic (exact) mass is 454 g/mol. The molecule has 6 heteroatoms. The Bertz CT molecular complexity index is 1190. The molecule has 0 aliphatic carbocycles. The average Bonchev–Trinajstić information content (AvgIpc) is 3.32. The third-order valence-corrected chi connectivity index (χ3v) is 6.89. The van der Waals surface area contributed by atoms with Crippen molar-refractivity contribution in [3.63, 3.8) is 0 Å². The molecule has 2 heterocycles. The summed E-state index contributed by atoms with van der Waals surface area (Å²) in [6.45, 7) is 3.37. The highest BCUT2D eigenvalue weighted by Gasteiger charge is 2.28. The molecule has 6 nitrogen and oxygen atoms in total. The molecule has 0 saturated carbocycles. The number of primary amides is 1. The lowest BCUT2D eigenvalue weighted by atomic mass is 9.99. The summed E-state index contributed by atoms with van der Waals surface area (Å²) in [4.78, 5) is 29.0. The largest absolute Gasteiger partial charge is 0.368 e. The minimum absolute atomic E-state index is 0.135. The predicted molar refractivity (Wildman–Crippen MR) is 135 cm³/mol. The second-order valence-electron chi connectivity index (χ2n) is 9.17. The number of anilines is 2. The summed E-state index contributed by atoms with van der Waals surface area (Å²) in [6, 6.07) is 24.0. The van der Waals surface area contributed by atoms with E-state index in [0.29, 0.717) is 12.1 Å². The molecular formula is C28H30N4O2. The summed E-state index contributed by atoms with van der Waals surface area (Å²) in [5.74, 6) is -0.400. The van der Waals surface area contributed by atoms with Crippen molar-refractivity contribution in [2.75, 3.05) is 23.3 Å². The minimum atomic E-state index is -0.265. The molecule has 1 atom stereocenters. The highest BCUT2D eigenvalue weighted by molar-refractivity contribution is 6.04. The number of nitrogens with two attached hydrogens (primary N) is 1. The first-order chi connectivity index (χ1) is 16.6. The molecule has 3 aromatic rings. The molecule has 1 fully saturated rings. The molecule has 0 spiro atoms. The first-order valence-electron chi connectivity index (χ1n) is 11.9.